The highest BCUT2D eigenvalue weighted by Gasteiger charge is 2.35. The molecule has 2 heterocycles. The van der Waals surface area contributed by atoms with Gasteiger partial charge in [0, 0.05) is 31.9 Å². The molecule has 24 heavy (non-hydrogen) atoms. The molecule has 9 heteroatoms. The van der Waals surface area contributed by atoms with Crippen molar-refractivity contribution in [1.82, 2.24) is 19.7 Å². The van der Waals surface area contributed by atoms with Gasteiger partial charge in [0.2, 0.25) is 5.95 Å². The second kappa shape index (κ2) is 5.66. The van der Waals surface area contributed by atoms with E-state index in [0.29, 0.717) is 5.69 Å². The van der Waals surface area contributed by atoms with Crippen LogP contribution < -0.4 is 10.6 Å². The maximum atomic E-state index is 12.9. The van der Waals surface area contributed by atoms with Crippen LogP contribution in [0.2, 0.25) is 0 Å². The van der Waals surface area contributed by atoms with E-state index in [4.69, 9.17) is 0 Å². The van der Waals surface area contributed by atoms with Crippen molar-refractivity contribution < 1.29 is 13.2 Å². The average Bonchev–Trinajstić information content (AvgIpc) is 2.89. The first kappa shape index (κ1) is 16.0. The summed E-state index contributed by atoms with van der Waals surface area (Å²) >= 11 is 0. The highest BCUT2D eigenvalue weighted by molar-refractivity contribution is 5.94. The molecular weight excluding hydrogens is 321 g/mol. The Kier molecular flexibility index (Phi) is 3.78. The minimum atomic E-state index is -4.52. The molecule has 3 aromatic rings. The maximum absolute atomic E-state index is 12.9. The summed E-state index contributed by atoms with van der Waals surface area (Å²) in [4.78, 5) is 7.72. The maximum Gasteiger partial charge on any atom is 0.421 e. The first-order valence-electron chi connectivity index (χ1n) is 7.11. The summed E-state index contributed by atoms with van der Waals surface area (Å²) in [5, 5.41) is 10.6. The third-order valence-electron chi connectivity index (χ3n) is 3.58. The van der Waals surface area contributed by atoms with Gasteiger partial charge in [-0.3, -0.25) is 4.68 Å². The van der Waals surface area contributed by atoms with Crippen LogP contribution in [0, 0.1) is 6.92 Å². The number of rotatable bonds is 3. The van der Waals surface area contributed by atoms with E-state index < -0.39 is 11.7 Å². The van der Waals surface area contributed by atoms with E-state index in [2.05, 4.69) is 25.7 Å². The van der Waals surface area contributed by atoms with Crippen molar-refractivity contribution in [1.29, 1.82) is 0 Å². The predicted molar refractivity (Wildman–Crippen MR) is 85.3 cm³/mol. The second-order valence-electron chi connectivity index (χ2n) is 5.32. The minimum Gasteiger partial charge on any atom is -0.372 e. The second-order valence-corrected chi connectivity index (χ2v) is 5.32. The van der Waals surface area contributed by atoms with E-state index in [1.165, 1.54) is 7.05 Å². The van der Waals surface area contributed by atoms with Crippen molar-refractivity contribution in [2.24, 2.45) is 7.05 Å². The predicted octanol–water partition coefficient (Wildman–Crippen LogP) is 3.48. The Balaban J connectivity index is 2.05. The lowest BCUT2D eigenvalue weighted by molar-refractivity contribution is -0.137. The Morgan fingerprint density at radius 2 is 1.96 bits per heavy atom. The largest absolute Gasteiger partial charge is 0.421 e. The van der Waals surface area contributed by atoms with Crippen LogP contribution in [0.4, 0.5) is 30.6 Å². The van der Waals surface area contributed by atoms with Gasteiger partial charge in [0.25, 0.3) is 0 Å². The van der Waals surface area contributed by atoms with Crippen LogP contribution >= 0.6 is 0 Å². The SMILES string of the molecule is CNc1nc(Nc2c(C)ccc3nn(C)cc23)ncc1C(F)(F)F. The molecule has 3 rings (SSSR count). The third-order valence-corrected chi connectivity index (χ3v) is 3.58. The third kappa shape index (κ3) is 2.84. The fraction of sp³-hybridized carbons (Fsp3) is 0.267. The van der Waals surface area contributed by atoms with E-state index in [1.807, 2.05) is 25.3 Å². The van der Waals surface area contributed by atoms with Crippen LogP contribution in [-0.2, 0) is 13.2 Å². The number of aryl methyl sites for hydroxylation is 2. The number of hydrogen-bond acceptors (Lipinski definition) is 5. The molecule has 126 valence electrons. The number of alkyl halides is 3. The summed E-state index contributed by atoms with van der Waals surface area (Å²) in [6.07, 6.45) is -1.93. The zero-order valence-corrected chi connectivity index (χ0v) is 13.2. The monoisotopic (exact) mass is 336 g/mol. The molecule has 0 saturated heterocycles. The van der Waals surface area contributed by atoms with Crippen molar-refractivity contribution in [3.05, 3.63) is 35.7 Å². The van der Waals surface area contributed by atoms with Crippen LogP contribution in [0.25, 0.3) is 10.9 Å². The fourth-order valence-electron chi connectivity index (χ4n) is 2.44. The molecule has 0 aliphatic carbocycles. The van der Waals surface area contributed by atoms with Crippen molar-refractivity contribution in [2.45, 2.75) is 13.1 Å². The summed E-state index contributed by atoms with van der Waals surface area (Å²) in [6, 6.07) is 3.75. The van der Waals surface area contributed by atoms with Gasteiger partial charge in [-0.05, 0) is 18.6 Å². The van der Waals surface area contributed by atoms with Crippen molar-refractivity contribution in [3.63, 3.8) is 0 Å². The molecule has 0 atom stereocenters. The van der Waals surface area contributed by atoms with E-state index in [0.717, 1.165) is 22.7 Å². The molecular formula is C15H15F3N6. The molecule has 0 spiro atoms. The van der Waals surface area contributed by atoms with Gasteiger partial charge in [-0.15, -0.1) is 0 Å². The van der Waals surface area contributed by atoms with Gasteiger partial charge < -0.3 is 10.6 Å². The van der Waals surface area contributed by atoms with Gasteiger partial charge in [-0.2, -0.15) is 23.3 Å². The van der Waals surface area contributed by atoms with E-state index in [1.54, 1.807) is 11.7 Å². The van der Waals surface area contributed by atoms with Crippen LogP contribution in [0.5, 0.6) is 0 Å². The Labute approximate surface area is 135 Å². The summed E-state index contributed by atoms with van der Waals surface area (Å²) in [5.74, 6) is -0.206. The first-order chi connectivity index (χ1) is 11.3. The van der Waals surface area contributed by atoms with E-state index in [-0.39, 0.29) is 11.8 Å². The van der Waals surface area contributed by atoms with Crippen LogP contribution in [0.15, 0.2) is 24.5 Å². The smallest absolute Gasteiger partial charge is 0.372 e. The quantitative estimate of drug-likeness (QED) is 0.766. The molecule has 0 amide bonds. The Morgan fingerprint density at radius 1 is 1.21 bits per heavy atom. The van der Waals surface area contributed by atoms with Gasteiger partial charge in [-0.25, -0.2) is 4.98 Å². The molecule has 0 radical (unpaired) electrons. The summed E-state index contributed by atoms with van der Waals surface area (Å²) in [6.45, 7) is 1.89. The lowest BCUT2D eigenvalue weighted by Crippen LogP contribution is -2.12. The lowest BCUT2D eigenvalue weighted by atomic mass is 10.1. The molecule has 1 aromatic carbocycles. The number of anilines is 3. The normalized spacial score (nSPS) is 11.8. The Bertz CT molecular complexity index is 900. The van der Waals surface area contributed by atoms with Gasteiger partial charge >= 0.3 is 6.18 Å². The van der Waals surface area contributed by atoms with E-state index >= 15 is 0 Å². The molecule has 0 aliphatic rings. The highest BCUT2D eigenvalue weighted by atomic mass is 19.4. The molecule has 6 nitrogen and oxygen atoms in total. The van der Waals surface area contributed by atoms with Gasteiger partial charge in [0.1, 0.15) is 11.4 Å². The van der Waals surface area contributed by atoms with Crippen molar-refractivity contribution >= 4 is 28.4 Å². The summed E-state index contributed by atoms with van der Waals surface area (Å²) in [7, 11) is 3.18. The van der Waals surface area contributed by atoms with Crippen LogP contribution in [0.3, 0.4) is 0 Å². The summed E-state index contributed by atoms with van der Waals surface area (Å²) in [5.41, 5.74) is 1.48. The van der Waals surface area contributed by atoms with Gasteiger partial charge in [-0.1, -0.05) is 6.07 Å². The zero-order chi connectivity index (χ0) is 17.5. The number of benzene rings is 1. The standard InChI is InChI=1S/C15H15F3N6/c1-8-4-5-11-9(7-24(3)23-11)12(8)21-14-20-6-10(15(16,17)18)13(19-2)22-14/h4-7H,1-3H3,(H2,19,20,21,22). The number of hydrogen-bond donors (Lipinski definition) is 2. The van der Waals surface area contributed by atoms with Crippen LogP contribution in [0.1, 0.15) is 11.1 Å². The summed E-state index contributed by atoms with van der Waals surface area (Å²) < 4.78 is 40.4. The zero-order valence-electron chi connectivity index (χ0n) is 13.2. The number of nitrogens with zero attached hydrogens (tertiary/aromatic N) is 4. The number of nitrogens with one attached hydrogen (secondary N) is 2. The molecule has 0 unspecified atom stereocenters. The molecule has 0 fully saturated rings. The molecule has 0 bridgehead atoms. The molecule has 2 aromatic heterocycles. The number of aromatic nitrogens is 4. The van der Waals surface area contributed by atoms with Crippen LogP contribution in [-0.4, -0.2) is 26.8 Å². The molecule has 0 aliphatic heterocycles. The molecule has 0 saturated carbocycles. The minimum absolute atomic E-state index is 0.0757. The Hall–Kier alpha value is -2.84. The molecule has 2 N–H and O–H groups in total. The number of fused-ring (bicyclic) bond motifs is 1. The Morgan fingerprint density at radius 3 is 2.62 bits per heavy atom. The van der Waals surface area contributed by atoms with Gasteiger partial charge in [0.05, 0.1) is 11.2 Å². The van der Waals surface area contributed by atoms with E-state index in [9.17, 15) is 13.2 Å². The highest BCUT2D eigenvalue weighted by Crippen LogP contribution is 2.34. The number of halogens is 3. The average molecular weight is 336 g/mol. The van der Waals surface area contributed by atoms with Crippen molar-refractivity contribution in [2.75, 3.05) is 17.7 Å². The first-order valence-corrected chi connectivity index (χ1v) is 7.11. The van der Waals surface area contributed by atoms with Crippen molar-refractivity contribution in [3.8, 4) is 0 Å². The topological polar surface area (TPSA) is 67.7 Å². The van der Waals surface area contributed by atoms with Gasteiger partial charge in [0.15, 0.2) is 0 Å². The lowest BCUT2D eigenvalue weighted by Gasteiger charge is -2.14. The fourth-order valence-corrected chi connectivity index (χ4v) is 2.44.